The summed E-state index contributed by atoms with van der Waals surface area (Å²) in [5.74, 6) is 0. The van der Waals surface area contributed by atoms with Crippen LogP contribution in [0.5, 0.6) is 0 Å². The highest BCUT2D eigenvalue weighted by molar-refractivity contribution is 6.08. The van der Waals surface area contributed by atoms with Gasteiger partial charge in [-0.15, -0.1) is 0 Å². The molecular formula is C6H16O2Si. The van der Waals surface area contributed by atoms with E-state index in [4.69, 9.17) is 10.2 Å². The van der Waals surface area contributed by atoms with Crippen LogP contribution in [-0.2, 0) is 0 Å². The highest BCUT2D eigenvalue weighted by Gasteiger charge is 1.98. The third-order valence-corrected chi connectivity index (χ3v) is 2.06. The molecule has 1 atom stereocenters. The molecule has 0 aliphatic heterocycles. The van der Waals surface area contributed by atoms with Gasteiger partial charge in [0.15, 0.2) is 0 Å². The van der Waals surface area contributed by atoms with Gasteiger partial charge in [0.2, 0.25) is 0 Å². The van der Waals surface area contributed by atoms with Crippen LogP contribution in [0.1, 0.15) is 19.3 Å². The van der Waals surface area contributed by atoms with Crippen molar-refractivity contribution in [3.8, 4) is 0 Å². The Balaban J connectivity index is 2.88. The predicted octanol–water partition coefficient (Wildman–Crippen LogP) is -0.706. The highest BCUT2D eigenvalue weighted by Crippen LogP contribution is 2.01. The monoisotopic (exact) mass is 148 g/mol. The molecule has 2 N–H and O–H groups in total. The molecule has 0 rings (SSSR count). The molecule has 0 radical (unpaired) electrons. The van der Waals surface area contributed by atoms with Gasteiger partial charge in [-0.2, -0.15) is 0 Å². The summed E-state index contributed by atoms with van der Waals surface area (Å²) in [5.41, 5.74) is 0. The van der Waals surface area contributed by atoms with Gasteiger partial charge in [0, 0.05) is 10.2 Å². The van der Waals surface area contributed by atoms with Gasteiger partial charge in [-0.25, -0.2) is 0 Å². The van der Waals surface area contributed by atoms with Crippen LogP contribution < -0.4 is 0 Å². The molecule has 3 heteroatoms. The Morgan fingerprint density at radius 2 is 2.00 bits per heavy atom. The number of rotatable bonds is 5. The van der Waals surface area contributed by atoms with E-state index in [1.165, 1.54) is 22.7 Å². The maximum atomic E-state index is 8.85. The fourth-order valence-corrected chi connectivity index (χ4v) is 1.22. The quantitative estimate of drug-likeness (QED) is 0.399. The van der Waals surface area contributed by atoms with Crippen molar-refractivity contribution in [2.45, 2.75) is 31.4 Å². The van der Waals surface area contributed by atoms with Crippen molar-refractivity contribution in [3.63, 3.8) is 0 Å². The summed E-state index contributed by atoms with van der Waals surface area (Å²) in [7, 11) is 1.26. The molecule has 0 heterocycles. The molecule has 0 aliphatic carbocycles. The summed E-state index contributed by atoms with van der Waals surface area (Å²) in [6, 6.07) is 1.30. The van der Waals surface area contributed by atoms with Crippen LogP contribution in [-0.4, -0.2) is 33.2 Å². The zero-order chi connectivity index (χ0) is 7.11. The molecule has 0 bridgehead atoms. The fourth-order valence-electron chi connectivity index (χ4n) is 0.721. The van der Waals surface area contributed by atoms with Crippen LogP contribution in [0.25, 0.3) is 0 Å². The van der Waals surface area contributed by atoms with E-state index in [0.717, 1.165) is 12.8 Å². The lowest BCUT2D eigenvalue weighted by Gasteiger charge is -2.04. The Hall–Kier alpha value is 0.137. The van der Waals surface area contributed by atoms with Crippen molar-refractivity contribution in [1.82, 2.24) is 0 Å². The molecule has 0 amide bonds. The number of aliphatic hydroxyl groups is 2. The Bertz CT molecular complexity index is 59.0. The van der Waals surface area contributed by atoms with Crippen molar-refractivity contribution >= 4 is 10.2 Å². The fraction of sp³-hybridized carbons (Fsp3) is 1.00. The number of unbranched alkanes of at least 4 members (excludes halogenated alkanes) is 1. The number of hydrogen-bond acceptors (Lipinski definition) is 2. The highest BCUT2D eigenvalue weighted by atomic mass is 28.1. The first-order valence-electron chi connectivity index (χ1n) is 3.60. The topological polar surface area (TPSA) is 40.5 Å². The van der Waals surface area contributed by atoms with E-state index in [-0.39, 0.29) is 6.61 Å². The van der Waals surface area contributed by atoms with Crippen LogP contribution in [0, 0.1) is 0 Å². The summed E-state index contributed by atoms with van der Waals surface area (Å²) >= 11 is 0. The maximum Gasteiger partial charge on any atom is 0.0770 e. The summed E-state index contributed by atoms with van der Waals surface area (Å²) < 4.78 is 0. The standard InChI is InChI=1S/C6H16O2Si/c7-5-6(8)3-1-2-4-9/h6-8H,1-5H2,9H3. The summed E-state index contributed by atoms with van der Waals surface area (Å²) in [6.45, 7) is -0.0822. The van der Waals surface area contributed by atoms with E-state index in [2.05, 4.69) is 0 Å². The van der Waals surface area contributed by atoms with E-state index >= 15 is 0 Å². The molecule has 0 fully saturated rings. The summed E-state index contributed by atoms with van der Waals surface area (Å²) in [6.07, 6.45) is 2.56. The van der Waals surface area contributed by atoms with Crippen molar-refractivity contribution in [1.29, 1.82) is 0 Å². The zero-order valence-corrected chi connectivity index (χ0v) is 8.01. The Kier molecular flexibility index (Phi) is 6.35. The lowest BCUT2D eigenvalue weighted by atomic mass is 10.2. The van der Waals surface area contributed by atoms with Crippen LogP contribution in [0.4, 0.5) is 0 Å². The van der Waals surface area contributed by atoms with E-state index in [0.29, 0.717) is 0 Å². The normalized spacial score (nSPS) is 14.0. The van der Waals surface area contributed by atoms with E-state index < -0.39 is 6.10 Å². The third kappa shape index (κ3) is 6.02. The van der Waals surface area contributed by atoms with Gasteiger partial charge < -0.3 is 10.2 Å². The maximum absolute atomic E-state index is 8.85. The molecule has 0 aromatic rings. The average Bonchev–Trinajstić information content (AvgIpc) is 1.89. The Labute approximate surface area is 59.3 Å². The first kappa shape index (κ1) is 9.14. The van der Waals surface area contributed by atoms with Gasteiger partial charge in [-0.3, -0.25) is 0 Å². The lowest BCUT2D eigenvalue weighted by molar-refractivity contribution is 0.0865. The zero-order valence-electron chi connectivity index (χ0n) is 6.01. The van der Waals surface area contributed by atoms with Crippen LogP contribution in [0.3, 0.4) is 0 Å². The molecule has 0 aliphatic rings. The second-order valence-corrected chi connectivity index (χ2v) is 3.33. The van der Waals surface area contributed by atoms with Gasteiger partial charge in [-0.05, 0) is 6.42 Å². The van der Waals surface area contributed by atoms with E-state index in [1.54, 1.807) is 0 Å². The Morgan fingerprint density at radius 3 is 2.44 bits per heavy atom. The third-order valence-electron chi connectivity index (χ3n) is 1.35. The number of hydrogen-bond donors (Lipinski definition) is 2. The van der Waals surface area contributed by atoms with Crippen molar-refractivity contribution in [2.24, 2.45) is 0 Å². The van der Waals surface area contributed by atoms with Gasteiger partial charge in [0.25, 0.3) is 0 Å². The predicted molar refractivity (Wildman–Crippen MR) is 41.7 cm³/mol. The molecule has 0 saturated heterocycles. The molecule has 9 heavy (non-hydrogen) atoms. The molecular weight excluding hydrogens is 132 g/mol. The smallest absolute Gasteiger partial charge is 0.0770 e. The van der Waals surface area contributed by atoms with Gasteiger partial charge >= 0.3 is 0 Å². The largest absolute Gasteiger partial charge is 0.394 e. The second-order valence-electron chi connectivity index (χ2n) is 2.33. The van der Waals surface area contributed by atoms with Gasteiger partial charge in [0.1, 0.15) is 0 Å². The van der Waals surface area contributed by atoms with E-state index in [9.17, 15) is 0 Å². The molecule has 56 valence electrons. The molecule has 0 aromatic heterocycles. The SMILES string of the molecule is OCC(O)CCCC[SiH3]. The molecule has 0 aromatic carbocycles. The minimum Gasteiger partial charge on any atom is -0.394 e. The summed E-state index contributed by atoms with van der Waals surface area (Å²) in [5, 5.41) is 17.2. The van der Waals surface area contributed by atoms with Crippen LogP contribution in [0.2, 0.25) is 6.04 Å². The van der Waals surface area contributed by atoms with Crippen molar-refractivity contribution < 1.29 is 10.2 Å². The molecule has 2 nitrogen and oxygen atoms in total. The van der Waals surface area contributed by atoms with Crippen LogP contribution in [0.15, 0.2) is 0 Å². The van der Waals surface area contributed by atoms with Gasteiger partial charge in [-0.1, -0.05) is 18.9 Å². The summed E-state index contributed by atoms with van der Waals surface area (Å²) in [4.78, 5) is 0. The first-order valence-corrected chi connectivity index (χ1v) is 5.01. The van der Waals surface area contributed by atoms with Crippen molar-refractivity contribution in [3.05, 3.63) is 0 Å². The van der Waals surface area contributed by atoms with Gasteiger partial charge in [0.05, 0.1) is 12.7 Å². The first-order chi connectivity index (χ1) is 4.31. The minimum absolute atomic E-state index is 0.0822. The lowest BCUT2D eigenvalue weighted by Crippen LogP contribution is -2.10. The Morgan fingerprint density at radius 1 is 1.33 bits per heavy atom. The van der Waals surface area contributed by atoms with Crippen molar-refractivity contribution in [2.75, 3.05) is 6.61 Å². The molecule has 1 unspecified atom stereocenters. The molecule has 0 spiro atoms. The number of aliphatic hydroxyl groups excluding tert-OH is 2. The second kappa shape index (κ2) is 6.26. The minimum atomic E-state index is -0.474. The van der Waals surface area contributed by atoms with Crippen LogP contribution >= 0.6 is 0 Å². The van der Waals surface area contributed by atoms with E-state index in [1.807, 2.05) is 0 Å². The average molecular weight is 148 g/mol. The molecule has 0 saturated carbocycles.